The van der Waals surface area contributed by atoms with E-state index in [2.05, 4.69) is 0 Å². The van der Waals surface area contributed by atoms with Crippen molar-refractivity contribution in [2.24, 2.45) is 0 Å². The maximum atomic E-state index is 11.6. The Morgan fingerprint density at radius 3 is 2.75 bits per heavy atom. The van der Waals surface area contributed by atoms with Gasteiger partial charge in [0, 0.05) is 0 Å². The van der Waals surface area contributed by atoms with Crippen LogP contribution in [0.3, 0.4) is 0 Å². The predicted molar refractivity (Wildman–Crippen MR) is 63.3 cm³/mol. The lowest BCUT2D eigenvalue weighted by atomic mass is 10.1. The van der Waals surface area contributed by atoms with E-state index in [0.29, 0.717) is 12.2 Å². The van der Waals surface area contributed by atoms with E-state index in [1.54, 1.807) is 20.1 Å². The van der Waals surface area contributed by atoms with Crippen LogP contribution in [0.5, 0.6) is 5.75 Å². The Labute approximate surface area is 95.7 Å². The summed E-state index contributed by atoms with van der Waals surface area (Å²) < 4.78 is 10.1. The molecule has 0 N–H and O–H groups in total. The molecule has 1 aromatic rings. The largest absolute Gasteiger partial charge is 0.497 e. The minimum absolute atomic E-state index is 0.307. The average Bonchev–Trinajstić information content (AvgIpc) is 2.31. The van der Waals surface area contributed by atoms with Gasteiger partial charge in [0.15, 0.2) is 0 Å². The fourth-order valence-corrected chi connectivity index (χ4v) is 1.40. The number of benzene rings is 1. The molecule has 1 aromatic carbocycles. The van der Waals surface area contributed by atoms with Crippen molar-refractivity contribution in [3.05, 3.63) is 35.9 Å². The number of carbonyl (C=O) groups is 1. The molecule has 0 saturated heterocycles. The SMILES string of the molecule is C/C=C(/C(=O)OCC)c1cccc(OC)c1. The molecule has 0 heterocycles. The summed E-state index contributed by atoms with van der Waals surface area (Å²) in [5.74, 6) is 0.416. The summed E-state index contributed by atoms with van der Waals surface area (Å²) in [6.07, 6.45) is 1.74. The molecule has 0 bridgehead atoms. The molecular formula is C13H16O3. The van der Waals surface area contributed by atoms with E-state index in [4.69, 9.17) is 9.47 Å². The van der Waals surface area contributed by atoms with Crippen molar-refractivity contribution >= 4 is 11.5 Å². The van der Waals surface area contributed by atoms with E-state index in [1.165, 1.54) is 0 Å². The number of carbonyl (C=O) groups excluding carboxylic acids is 1. The first-order valence-corrected chi connectivity index (χ1v) is 5.20. The van der Waals surface area contributed by atoms with Gasteiger partial charge in [0.1, 0.15) is 5.75 Å². The second-order valence-corrected chi connectivity index (χ2v) is 3.15. The molecule has 0 atom stereocenters. The fourth-order valence-electron chi connectivity index (χ4n) is 1.40. The Hall–Kier alpha value is -1.77. The Morgan fingerprint density at radius 1 is 1.44 bits per heavy atom. The number of esters is 1. The smallest absolute Gasteiger partial charge is 0.338 e. The van der Waals surface area contributed by atoms with Crippen LogP contribution in [0, 0.1) is 0 Å². The highest BCUT2D eigenvalue weighted by molar-refractivity contribution is 6.16. The van der Waals surface area contributed by atoms with Crippen LogP contribution in [0.4, 0.5) is 0 Å². The maximum Gasteiger partial charge on any atom is 0.338 e. The molecule has 3 nitrogen and oxygen atoms in total. The van der Waals surface area contributed by atoms with Gasteiger partial charge in [-0.2, -0.15) is 0 Å². The summed E-state index contributed by atoms with van der Waals surface area (Å²) in [6, 6.07) is 7.35. The Morgan fingerprint density at radius 2 is 2.19 bits per heavy atom. The van der Waals surface area contributed by atoms with Gasteiger partial charge in [-0.1, -0.05) is 18.2 Å². The second kappa shape index (κ2) is 5.95. The monoisotopic (exact) mass is 220 g/mol. The normalized spacial score (nSPS) is 11.1. The van der Waals surface area contributed by atoms with Crippen LogP contribution in [0.15, 0.2) is 30.3 Å². The topological polar surface area (TPSA) is 35.5 Å². The summed E-state index contributed by atoms with van der Waals surface area (Å²) in [7, 11) is 1.60. The molecule has 0 aliphatic heterocycles. The number of hydrogen-bond acceptors (Lipinski definition) is 3. The third-order valence-corrected chi connectivity index (χ3v) is 2.16. The molecule has 16 heavy (non-hydrogen) atoms. The minimum atomic E-state index is -0.307. The predicted octanol–water partition coefficient (Wildman–Crippen LogP) is 2.66. The van der Waals surface area contributed by atoms with Crippen LogP contribution in [-0.4, -0.2) is 19.7 Å². The van der Waals surface area contributed by atoms with Crippen LogP contribution >= 0.6 is 0 Å². The Balaban J connectivity index is 3.00. The fraction of sp³-hybridized carbons (Fsp3) is 0.308. The van der Waals surface area contributed by atoms with Crippen molar-refractivity contribution in [1.82, 2.24) is 0 Å². The first-order chi connectivity index (χ1) is 7.72. The molecule has 0 aliphatic carbocycles. The molecule has 0 spiro atoms. The van der Waals surface area contributed by atoms with E-state index < -0.39 is 0 Å². The number of hydrogen-bond donors (Lipinski definition) is 0. The summed E-state index contributed by atoms with van der Waals surface area (Å²) in [5.41, 5.74) is 1.36. The average molecular weight is 220 g/mol. The lowest BCUT2D eigenvalue weighted by Crippen LogP contribution is -2.06. The van der Waals surface area contributed by atoms with Gasteiger partial charge >= 0.3 is 5.97 Å². The summed E-state index contributed by atoms with van der Waals surface area (Å²) in [4.78, 5) is 11.6. The highest BCUT2D eigenvalue weighted by atomic mass is 16.5. The van der Waals surface area contributed by atoms with E-state index in [-0.39, 0.29) is 5.97 Å². The second-order valence-electron chi connectivity index (χ2n) is 3.15. The van der Waals surface area contributed by atoms with Crippen molar-refractivity contribution < 1.29 is 14.3 Å². The zero-order chi connectivity index (χ0) is 12.0. The van der Waals surface area contributed by atoms with Gasteiger partial charge in [-0.25, -0.2) is 4.79 Å². The van der Waals surface area contributed by atoms with Crippen molar-refractivity contribution in [3.8, 4) is 5.75 Å². The zero-order valence-corrected chi connectivity index (χ0v) is 9.82. The van der Waals surface area contributed by atoms with E-state index in [0.717, 1.165) is 11.3 Å². The molecule has 86 valence electrons. The molecule has 3 heteroatoms. The maximum absolute atomic E-state index is 11.6. The quantitative estimate of drug-likeness (QED) is 0.578. The molecule has 0 saturated carbocycles. The van der Waals surface area contributed by atoms with Gasteiger partial charge in [-0.3, -0.25) is 0 Å². The number of rotatable bonds is 4. The van der Waals surface area contributed by atoms with Gasteiger partial charge in [0.2, 0.25) is 0 Å². The lowest BCUT2D eigenvalue weighted by Gasteiger charge is -2.08. The van der Waals surface area contributed by atoms with Gasteiger partial charge in [0.05, 0.1) is 19.3 Å². The van der Waals surface area contributed by atoms with Crippen LogP contribution in [-0.2, 0) is 9.53 Å². The molecule has 0 aromatic heterocycles. The molecule has 0 radical (unpaired) electrons. The van der Waals surface area contributed by atoms with Crippen LogP contribution in [0.2, 0.25) is 0 Å². The molecule has 0 unspecified atom stereocenters. The molecule has 0 aliphatic rings. The standard InChI is InChI=1S/C13H16O3/c1-4-12(13(14)16-5-2)10-7-6-8-11(9-10)15-3/h4,6-9H,5H2,1-3H3/b12-4+. The van der Waals surface area contributed by atoms with E-state index in [9.17, 15) is 4.79 Å². The number of methoxy groups -OCH3 is 1. The van der Waals surface area contributed by atoms with Crippen LogP contribution < -0.4 is 4.74 Å². The van der Waals surface area contributed by atoms with Gasteiger partial charge in [-0.05, 0) is 31.5 Å². The summed E-state index contributed by atoms with van der Waals surface area (Å²) >= 11 is 0. The van der Waals surface area contributed by atoms with Gasteiger partial charge in [-0.15, -0.1) is 0 Å². The van der Waals surface area contributed by atoms with Crippen molar-refractivity contribution in [1.29, 1.82) is 0 Å². The first kappa shape index (κ1) is 12.3. The van der Waals surface area contributed by atoms with Gasteiger partial charge < -0.3 is 9.47 Å². The Bertz CT molecular complexity index is 394. The minimum Gasteiger partial charge on any atom is -0.497 e. The molecule has 0 amide bonds. The summed E-state index contributed by atoms with van der Waals surface area (Å²) in [6.45, 7) is 3.97. The molecular weight excluding hydrogens is 204 g/mol. The highest BCUT2D eigenvalue weighted by Crippen LogP contribution is 2.21. The van der Waals surface area contributed by atoms with Crippen LogP contribution in [0.25, 0.3) is 5.57 Å². The highest BCUT2D eigenvalue weighted by Gasteiger charge is 2.12. The summed E-state index contributed by atoms with van der Waals surface area (Å²) in [5, 5.41) is 0. The molecule has 0 fully saturated rings. The van der Waals surface area contributed by atoms with Gasteiger partial charge in [0.25, 0.3) is 0 Å². The van der Waals surface area contributed by atoms with Crippen LogP contribution in [0.1, 0.15) is 19.4 Å². The molecule has 1 rings (SSSR count). The lowest BCUT2D eigenvalue weighted by molar-refractivity contribution is -0.136. The first-order valence-electron chi connectivity index (χ1n) is 5.20. The van der Waals surface area contributed by atoms with Crippen molar-refractivity contribution in [2.45, 2.75) is 13.8 Å². The number of ether oxygens (including phenoxy) is 2. The van der Waals surface area contributed by atoms with E-state index >= 15 is 0 Å². The Kier molecular flexibility index (Phi) is 4.58. The van der Waals surface area contributed by atoms with Crippen molar-refractivity contribution in [3.63, 3.8) is 0 Å². The van der Waals surface area contributed by atoms with E-state index in [1.807, 2.05) is 31.2 Å². The third kappa shape index (κ3) is 2.86. The number of allylic oxidation sites excluding steroid dienone is 1. The zero-order valence-electron chi connectivity index (χ0n) is 9.82. The van der Waals surface area contributed by atoms with Crippen molar-refractivity contribution in [2.75, 3.05) is 13.7 Å². The third-order valence-electron chi connectivity index (χ3n) is 2.16.